The summed E-state index contributed by atoms with van der Waals surface area (Å²) in [6.45, 7) is 23.7. The summed E-state index contributed by atoms with van der Waals surface area (Å²) >= 11 is 0. The number of fused-ring (bicyclic) bond motifs is 4. The molecule has 4 aliphatic rings. The number of likely N-dealkylation sites (tertiary alicyclic amines) is 1. The van der Waals surface area contributed by atoms with Crippen molar-refractivity contribution < 1.29 is 57.2 Å². The molecule has 6 amide bonds. The molecule has 5 N–H and O–H groups in total. The second-order valence-corrected chi connectivity index (χ2v) is 29.9. The van der Waals surface area contributed by atoms with Crippen LogP contribution in [0.4, 0.5) is 45.5 Å². The molecule has 8 aromatic rings. The molecule has 0 radical (unpaired) electrons. The highest BCUT2D eigenvalue weighted by molar-refractivity contribution is 5.98. The van der Waals surface area contributed by atoms with Gasteiger partial charge in [-0.25, -0.2) is 0 Å². The summed E-state index contributed by atoms with van der Waals surface area (Å²) in [7, 11) is 0. The molecule has 2 saturated heterocycles. The van der Waals surface area contributed by atoms with Gasteiger partial charge in [-0.15, -0.1) is 12.4 Å². The topological polar surface area (TPSA) is 287 Å². The van der Waals surface area contributed by atoms with Crippen molar-refractivity contribution >= 4 is 93.3 Å². The molecule has 660 valence electrons. The van der Waals surface area contributed by atoms with Crippen molar-refractivity contribution in [2.75, 3.05) is 204 Å². The fourth-order valence-electron chi connectivity index (χ4n) is 14.2. The molecule has 4 aliphatic heterocycles. The Morgan fingerprint density at radius 3 is 1.06 bits per heavy atom. The summed E-state index contributed by atoms with van der Waals surface area (Å²) < 4.78 is 33.4. The minimum absolute atomic E-state index is 0. The van der Waals surface area contributed by atoms with Crippen molar-refractivity contribution in [1.82, 2.24) is 36.4 Å². The molecule has 0 bridgehead atoms. The highest BCUT2D eigenvalue weighted by atomic mass is 35.5. The molecule has 12 rings (SSSR count). The molecule has 125 heavy (non-hydrogen) atoms. The van der Waals surface area contributed by atoms with Gasteiger partial charge in [-0.05, 0) is 184 Å². The fraction of sp³-hybridized carbons (Fsp3) is 0.402. The molecule has 0 aromatic heterocycles. The molecular formula is C97H118ClN15O12. The van der Waals surface area contributed by atoms with E-state index in [9.17, 15) is 28.8 Å². The van der Waals surface area contributed by atoms with Gasteiger partial charge in [0.2, 0.25) is 23.6 Å². The SMILES string of the molecule is CCN(CCN1CCCCC1)c1ccc(N=Nc2ccc(C(=O)NCCOCCOCCOCCNC(=O)CCC(=O)N3Cc4ccccc4C#Cc4ccccc43)cc2)cc1.CCN(CCN1CCNCC1)c1ccc(N=Nc2ccc(C(=O)NCCOCCOCCOCCNC(=O)CCC(=O)N3Cc4ccccc4C#Cc4ccccc43)cc2)cc1.Cl. The van der Waals surface area contributed by atoms with Crippen LogP contribution in [-0.4, -0.2) is 229 Å². The minimum Gasteiger partial charge on any atom is -0.377 e. The molecule has 2 fully saturated rings. The van der Waals surface area contributed by atoms with Crippen LogP contribution < -0.4 is 46.2 Å². The molecule has 0 spiro atoms. The van der Waals surface area contributed by atoms with Crippen molar-refractivity contribution in [1.29, 1.82) is 0 Å². The van der Waals surface area contributed by atoms with E-state index in [1.165, 1.54) is 43.7 Å². The number of para-hydroxylation sites is 2. The van der Waals surface area contributed by atoms with Gasteiger partial charge in [0.1, 0.15) is 0 Å². The van der Waals surface area contributed by atoms with Crippen molar-refractivity contribution in [2.24, 2.45) is 20.5 Å². The highest BCUT2D eigenvalue weighted by Crippen LogP contribution is 2.30. The van der Waals surface area contributed by atoms with Crippen molar-refractivity contribution in [2.45, 2.75) is 71.9 Å². The first-order valence-corrected chi connectivity index (χ1v) is 43.4. The summed E-state index contributed by atoms with van der Waals surface area (Å²) in [5, 5.41) is 32.2. The lowest BCUT2D eigenvalue weighted by molar-refractivity contribution is -0.125. The van der Waals surface area contributed by atoms with Gasteiger partial charge < -0.3 is 79.5 Å². The summed E-state index contributed by atoms with van der Waals surface area (Å²) in [4.78, 5) is 90.2. The highest BCUT2D eigenvalue weighted by Gasteiger charge is 2.25. The molecule has 0 aliphatic carbocycles. The number of nitrogens with one attached hydrogen (secondary N) is 5. The predicted octanol–water partition coefficient (Wildman–Crippen LogP) is 12.9. The molecule has 0 atom stereocenters. The largest absolute Gasteiger partial charge is 0.377 e. The number of likely N-dealkylation sites (N-methyl/N-ethyl adjacent to an activating group) is 2. The standard InChI is InChI=1S/C49H59N7O6.C48H58N8O6.ClH/c1-2-55(31-30-54-28-8-3-9-29-54)45-22-20-44(21-23-45)53-52-43-18-16-41(17-19-43)49(59)51-27-33-61-35-37-62-36-34-60-32-26-50-47(57)24-25-48(58)56-38-42-12-5-4-10-39(42)14-15-40-11-6-7-13-46(40)56;1-2-55(30-29-54-27-23-49-24-28-54)44-19-17-43(18-20-44)53-52-42-15-13-40(14-16-42)48(59)51-26-32-61-34-36-62-35-33-60-31-25-50-46(57)21-22-47(58)56-37-41-9-4-3-7-38(41)11-12-39-8-5-6-10-45(39)56;/h4-7,10-13,16-23H,2-3,8-9,24-38H2,1H3,(H,50,57)(H,51,59);3-10,13-20,49H,2,21-37H2,1H3,(H,50,57)(H,51,59);1H. The smallest absolute Gasteiger partial charge is 0.251 e. The zero-order valence-corrected chi connectivity index (χ0v) is 72.7. The summed E-state index contributed by atoms with van der Waals surface area (Å²) in [5.41, 5.74) is 13.1. The Balaban J connectivity index is 0.000000259. The minimum atomic E-state index is -0.212. The Morgan fingerprint density at radius 2 is 0.688 bits per heavy atom. The van der Waals surface area contributed by atoms with E-state index >= 15 is 0 Å². The number of halogens is 1. The number of carbonyl (C=O) groups excluding carboxylic acids is 6. The number of piperidine rings is 1. The lowest BCUT2D eigenvalue weighted by Crippen LogP contribution is -2.46. The second-order valence-electron chi connectivity index (χ2n) is 29.9. The summed E-state index contributed by atoms with van der Waals surface area (Å²) in [6, 6.07) is 61.1. The number of amides is 6. The molecular weight excluding hydrogens is 1600 g/mol. The Labute approximate surface area is 741 Å². The van der Waals surface area contributed by atoms with Crippen molar-refractivity contribution in [3.8, 4) is 23.7 Å². The first-order valence-electron chi connectivity index (χ1n) is 43.4. The number of benzene rings is 8. The molecule has 0 unspecified atom stereocenters. The van der Waals surface area contributed by atoms with Crippen LogP contribution in [0, 0.1) is 23.7 Å². The Hall–Kier alpha value is -11.6. The number of anilines is 4. The third kappa shape index (κ3) is 32.8. The monoisotopic (exact) mass is 1720 g/mol. The van der Waals surface area contributed by atoms with Crippen LogP contribution in [0.25, 0.3) is 0 Å². The van der Waals surface area contributed by atoms with Gasteiger partial charge in [0.05, 0.1) is 126 Å². The third-order valence-corrected chi connectivity index (χ3v) is 21.2. The zero-order valence-electron chi connectivity index (χ0n) is 71.9. The van der Waals surface area contributed by atoms with Crippen LogP contribution in [0.3, 0.4) is 0 Å². The van der Waals surface area contributed by atoms with Gasteiger partial charge in [-0.2, -0.15) is 20.5 Å². The number of hydrogen-bond donors (Lipinski definition) is 5. The van der Waals surface area contributed by atoms with Crippen LogP contribution in [-0.2, 0) is 60.7 Å². The number of ether oxygens (including phenoxy) is 6. The lowest BCUT2D eigenvalue weighted by Gasteiger charge is -2.31. The van der Waals surface area contributed by atoms with Gasteiger partial charge in [0.15, 0.2) is 0 Å². The molecule has 27 nitrogen and oxygen atoms in total. The zero-order chi connectivity index (χ0) is 86.4. The maximum Gasteiger partial charge on any atom is 0.251 e. The molecule has 0 saturated carbocycles. The number of carbonyl (C=O) groups is 6. The van der Waals surface area contributed by atoms with Gasteiger partial charge >= 0.3 is 0 Å². The lowest BCUT2D eigenvalue weighted by atomic mass is 10.0. The number of azo groups is 2. The normalized spacial score (nSPS) is 13.5. The average Bonchev–Trinajstić information content (AvgIpc) is 0.807. The van der Waals surface area contributed by atoms with Crippen LogP contribution in [0.15, 0.2) is 215 Å². The average molecular weight is 1720 g/mol. The van der Waals surface area contributed by atoms with Crippen LogP contribution in [0.1, 0.15) is 113 Å². The Bertz CT molecular complexity index is 4570. The maximum absolute atomic E-state index is 13.3. The fourth-order valence-corrected chi connectivity index (χ4v) is 14.2. The number of rotatable bonds is 46. The van der Waals surface area contributed by atoms with E-state index in [4.69, 9.17) is 28.4 Å². The summed E-state index contributed by atoms with van der Waals surface area (Å²) in [5.74, 6) is 11.7. The van der Waals surface area contributed by atoms with E-state index in [1.807, 2.05) is 121 Å². The van der Waals surface area contributed by atoms with Gasteiger partial charge in [-0.3, -0.25) is 33.7 Å². The Kier molecular flexibility index (Phi) is 41.5. The Morgan fingerprint density at radius 1 is 0.368 bits per heavy atom. The van der Waals surface area contributed by atoms with Crippen molar-refractivity contribution in [3.63, 3.8) is 0 Å². The predicted molar refractivity (Wildman–Crippen MR) is 491 cm³/mol. The van der Waals surface area contributed by atoms with E-state index in [1.54, 1.807) is 58.3 Å². The number of piperazine rings is 1. The molecule has 28 heteroatoms. The van der Waals surface area contributed by atoms with Crippen molar-refractivity contribution in [3.05, 3.63) is 239 Å². The van der Waals surface area contributed by atoms with Gasteiger partial charge in [0, 0.05) is 162 Å². The van der Waals surface area contributed by atoms with E-state index in [0.29, 0.717) is 141 Å². The van der Waals surface area contributed by atoms with Crippen LogP contribution in [0.2, 0.25) is 0 Å². The number of nitrogens with zero attached hydrogens (tertiary/aromatic N) is 10. The van der Waals surface area contributed by atoms with Crippen LogP contribution in [0.5, 0.6) is 0 Å². The molecule has 4 heterocycles. The van der Waals surface area contributed by atoms with E-state index in [0.717, 1.165) is 122 Å². The van der Waals surface area contributed by atoms with E-state index in [-0.39, 0.29) is 73.5 Å². The van der Waals surface area contributed by atoms with Gasteiger partial charge in [-0.1, -0.05) is 90.8 Å². The number of hydrogen-bond acceptors (Lipinski definition) is 21. The quantitative estimate of drug-likeness (QED) is 0.0135. The van der Waals surface area contributed by atoms with E-state index < -0.39 is 0 Å². The first kappa shape index (κ1) is 95.7. The maximum atomic E-state index is 13.3. The first-order chi connectivity index (χ1) is 60.9. The molecule has 8 aromatic carbocycles. The second kappa shape index (κ2) is 54.2. The van der Waals surface area contributed by atoms with E-state index in [2.05, 4.69) is 128 Å². The summed E-state index contributed by atoms with van der Waals surface area (Å²) in [6.07, 6.45) is 4.28. The third-order valence-electron chi connectivity index (χ3n) is 21.2. The van der Waals surface area contributed by atoms with Crippen LogP contribution >= 0.6 is 12.4 Å². The van der Waals surface area contributed by atoms with Gasteiger partial charge in [0.25, 0.3) is 11.8 Å².